The zero-order valence-corrected chi connectivity index (χ0v) is 5.49. The van der Waals surface area contributed by atoms with Crippen molar-refractivity contribution < 1.29 is 9.84 Å². The molecule has 1 aliphatic heterocycles. The summed E-state index contributed by atoms with van der Waals surface area (Å²) in [6.07, 6.45) is 0.105. The molecule has 0 saturated carbocycles. The molecule has 1 aliphatic rings. The third kappa shape index (κ3) is 1.65. The summed E-state index contributed by atoms with van der Waals surface area (Å²) >= 11 is 1.84. The fourth-order valence-corrected chi connectivity index (χ4v) is 1.49. The minimum atomic E-state index is 0.105. The van der Waals surface area contributed by atoms with Crippen molar-refractivity contribution in [1.29, 1.82) is 0 Å². The maximum absolute atomic E-state index is 8.55. The van der Waals surface area contributed by atoms with Gasteiger partial charge in [0.2, 0.25) is 0 Å². The van der Waals surface area contributed by atoms with Crippen LogP contribution in [0.5, 0.6) is 0 Å². The van der Waals surface area contributed by atoms with E-state index in [1.165, 1.54) is 0 Å². The van der Waals surface area contributed by atoms with Crippen molar-refractivity contribution in [1.82, 2.24) is 0 Å². The predicted octanol–water partition coefficient (Wildman–Crippen LogP) is 0.111. The predicted molar refractivity (Wildman–Crippen MR) is 34.2 cm³/mol. The average molecular weight is 134 g/mol. The molecule has 1 N–H and O–H groups in total. The lowest BCUT2D eigenvalue weighted by atomic mass is 10.4. The number of hydrogen-bond donors (Lipinski definition) is 1. The molecule has 1 heterocycles. The lowest BCUT2D eigenvalue weighted by molar-refractivity contribution is 0.0322. The van der Waals surface area contributed by atoms with Gasteiger partial charge < -0.3 is 9.84 Å². The van der Waals surface area contributed by atoms with E-state index in [9.17, 15) is 0 Å². The maximum atomic E-state index is 8.55. The molecule has 1 rings (SSSR count). The molecule has 0 aromatic carbocycles. The Morgan fingerprint density at radius 1 is 1.75 bits per heavy atom. The van der Waals surface area contributed by atoms with Crippen LogP contribution in [0.1, 0.15) is 0 Å². The molecular weight excluding hydrogens is 124 g/mol. The highest BCUT2D eigenvalue weighted by Crippen LogP contribution is 2.11. The Labute approximate surface area is 53.2 Å². The SMILES string of the molecule is OCC1CSCCO1. The van der Waals surface area contributed by atoms with Gasteiger partial charge in [-0.2, -0.15) is 11.8 Å². The summed E-state index contributed by atoms with van der Waals surface area (Å²) in [6, 6.07) is 0. The van der Waals surface area contributed by atoms with Crippen molar-refractivity contribution in [2.75, 3.05) is 24.7 Å². The molecule has 3 heteroatoms. The van der Waals surface area contributed by atoms with Gasteiger partial charge in [-0.05, 0) is 0 Å². The van der Waals surface area contributed by atoms with Gasteiger partial charge >= 0.3 is 0 Å². The van der Waals surface area contributed by atoms with Crippen molar-refractivity contribution in [2.45, 2.75) is 6.10 Å². The molecule has 0 amide bonds. The van der Waals surface area contributed by atoms with Crippen molar-refractivity contribution in [3.63, 3.8) is 0 Å². The van der Waals surface area contributed by atoms with Crippen molar-refractivity contribution in [3.05, 3.63) is 0 Å². The van der Waals surface area contributed by atoms with E-state index in [-0.39, 0.29) is 12.7 Å². The largest absolute Gasteiger partial charge is 0.394 e. The van der Waals surface area contributed by atoms with E-state index in [4.69, 9.17) is 9.84 Å². The van der Waals surface area contributed by atoms with Crippen LogP contribution in [0, 0.1) is 0 Å². The van der Waals surface area contributed by atoms with Gasteiger partial charge in [0.15, 0.2) is 0 Å². The van der Waals surface area contributed by atoms with Crippen LogP contribution < -0.4 is 0 Å². The molecule has 2 nitrogen and oxygen atoms in total. The molecule has 0 aliphatic carbocycles. The quantitative estimate of drug-likeness (QED) is 0.552. The summed E-state index contributed by atoms with van der Waals surface area (Å²) in [5.41, 5.74) is 0. The second-order valence-corrected chi connectivity index (χ2v) is 2.90. The lowest BCUT2D eigenvalue weighted by Gasteiger charge is -2.19. The van der Waals surface area contributed by atoms with E-state index >= 15 is 0 Å². The van der Waals surface area contributed by atoms with E-state index in [0.717, 1.165) is 18.1 Å². The highest BCUT2D eigenvalue weighted by Gasteiger charge is 2.11. The highest BCUT2D eigenvalue weighted by atomic mass is 32.2. The number of hydrogen-bond acceptors (Lipinski definition) is 3. The van der Waals surface area contributed by atoms with E-state index < -0.39 is 0 Å². The summed E-state index contributed by atoms with van der Waals surface area (Å²) in [5, 5.41) is 8.55. The molecule has 0 spiro atoms. The van der Waals surface area contributed by atoms with E-state index in [2.05, 4.69) is 0 Å². The first kappa shape index (κ1) is 6.39. The Morgan fingerprint density at radius 3 is 3.00 bits per heavy atom. The van der Waals surface area contributed by atoms with Crippen LogP contribution in [0.15, 0.2) is 0 Å². The Kier molecular flexibility index (Phi) is 2.66. The summed E-state index contributed by atoms with van der Waals surface area (Å²) in [4.78, 5) is 0. The Bertz CT molecular complexity index is 61.4. The van der Waals surface area contributed by atoms with Gasteiger partial charge in [-0.1, -0.05) is 0 Å². The van der Waals surface area contributed by atoms with Gasteiger partial charge in [-0.15, -0.1) is 0 Å². The molecule has 1 fully saturated rings. The summed E-state index contributed by atoms with van der Waals surface area (Å²) in [7, 11) is 0. The Morgan fingerprint density at radius 2 is 2.62 bits per heavy atom. The van der Waals surface area contributed by atoms with E-state index in [0.29, 0.717) is 0 Å². The fourth-order valence-electron chi connectivity index (χ4n) is 0.642. The third-order valence-electron chi connectivity index (χ3n) is 1.09. The van der Waals surface area contributed by atoms with Crippen LogP contribution in [-0.2, 0) is 4.74 Å². The van der Waals surface area contributed by atoms with Gasteiger partial charge in [0.25, 0.3) is 0 Å². The lowest BCUT2D eigenvalue weighted by Crippen LogP contribution is -2.26. The van der Waals surface area contributed by atoms with Gasteiger partial charge in [-0.3, -0.25) is 0 Å². The first-order chi connectivity index (χ1) is 3.93. The van der Waals surface area contributed by atoms with Gasteiger partial charge in [0.05, 0.1) is 19.3 Å². The third-order valence-corrected chi connectivity index (χ3v) is 2.15. The molecule has 0 radical (unpaired) electrons. The molecular formula is C5H10O2S. The van der Waals surface area contributed by atoms with Gasteiger partial charge in [-0.25, -0.2) is 0 Å². The molecule has 1 unspecified atom stereocenters. The summed E-state index contributed by atoms with van der Waals surface area (Å²) in [6.45, 7) is 0.975. The van der Waals surface area contributed by atoms with Crippen LogP contribution in [0.25, 0.3) is 0 Å². The van der Waals surface area contributed by atoms with Crippen LogP contribution in [0.2, 0.25) is 0 Å². The Balaban J connectivity index is 2.13. The molecule has 0 bridgehead atoms. The molecule has 1 atom stereocenters. The maximum Gasteiger partial charge on any atom is 0.0896 e. The van der Waals surface area contributed by atoms with Crippen molar-refractivity contribution in [3.8, 4) is 0 Å². The monoisotopic (exact) mass is 134 g/mol. The van der Waals surface area contributed by atoms with Crippen molar-refractivity contribution >= 4 is 11.8 Å². The van der Waals surface area contributed by atoms with Gasteiger partial charge in [0, 0.05) is 11.5 Å². The van der Waals surface area contributed by atoms with Crippen LogP contribution in [0.3, 0.4) is 0 Å². The first-order valence-electron chi connectivity index (χ1n) is 2.73. The zero-order chi connectivity index (χ0) is 5.82. The minimum absolute atomic E-state index is 0.105. The van der Waals surface area contributed by atoms with Crippen LogP contribution in [-0.4, -0.2) is 35.9 Å². The molecule has 0 aromatic heterocycles. The number of rotatable bonds is 1. The number of thioether (sulfide) groups is 1. The standard InChI is InChI=1S/C5H10O2S/c6-3-5-4-8-2-1-7-5/h5-6H,1-4H2. The second kappa shape index (κ2) is 3.33. The highest BCUT2D eigenvalue weighted by molar-refractivity contribution is 7.99. The second-order valence-electron chi connectivity index (χ2n) is 1.75. The topological polar surface area (TPSA) is 29.5 Å². The van der Waals surface area contributed by atoms with E-state index in [1.54, 1.807) is 0 Å². The average Bonchev–Trinajstić information content (AvgIpc) is 1.90. The Hall–Kier alpha value is 0.270. The zero-order valence-electron chi connectivity index (χ0n) is 4.67. The molecule has 0 aromatic rings. The van der Waals surface area contributed by atoms with E-state index in [1.807, 2.05) is 11.8 Å². The van der Waals surface area contributed by atoms with Gasteiger partial charge in [0.1, 0.15) is 0 Å². The normalized spacial score (nSPS) is 30.4. The molecule has 1 saturated heterocycles. The number of ether oxygens (including phenoxy) is 1. The summed E-state index contributed by atoms with van der Waals surface area (Å²) < 4.78 is 5.16. The molecule has 8 heavy (non-hydrogen) atoms. The number of aliphatic hydroxyl groups excluding tert-OH is 1. The summed E-state index contributed by atoms with van der Waals surface area (Å²) in [5.74, 6) is 2.03. The van der Waals surface area contributed by atoms with Crippen molar-refractivity contribution in [2.24, 2.45) is 0 Å². The van der Waals surface area contributed by atoms with Crippen LogP contribution in [0.4, 0.5) is 0 Å². The fraction of sp³-hybridized carbons (Fsp3) is 1.00. The van der Waals surface area contributed by atoms with Crippen LogP contribution >= 0.6 is 11.8 Å². The first-order valence-corrected chi connectivity index (χ1v) is 3.89. The smallest absolute Gasteiger partial charge is 0.0896 e. The number of aliphatic hydroxyl groups is 1. The molecule has 48 valence electrons. The minimum Gasteiger partial charge on any atom is -0.394 e.